The minimum atomic E-state index is 0.350. The number of hydrogen-bond donors (Lipinski definition) is 1. The summed E-state index contributed by atoms with van der Waals surface area (Å²) in [7, 11) is 3.86. The van der Waals surface area contributed by atoms with Crippen LogP contribution in [0.2, 0.25) is 0 Å². The topological polar surface area (TPSA) is 37.0 Å². The second-order valence-corrected chi connectivity index (χ2v) is 4.89. The van der Waals surface area contributed by atoms with Crippen molar-refractivity contribution >= 4 is 0 Å². The summed E-state index contributed by atoms with van der Waals surface area (Å²) in [6.07, 6.45) is 0.350. The first kappa shape index (κ1) is 15.9. The molecule has 0 aromatic carbocycles. The van der Waals surface area contributed by atoms with Crippen LogP contribution in [0.4, 0.5) is 0 Å². The number of methoxy groups -OCH3 is 1. The average molecular weight is 259 g/mol. The Kier molecular flexibility index (Phi) is 8.54. The molecule has 0 aromatic rings. The van der Waals surface area contributed by atoms with Crippen LogP contribution in [-0.4, -0.2) is 89.1 Å². The van der Waals surface area contributed by atoms with Gasteiger partial charge in [-0.3, -0.25) is 4.90 Å². The van der Waals surface area contributed by atoms with Crippen LogP contribution in [0.3, 0.4) is 0 Å². The number of nitrogens with zero attached hydrogens (tertiary/aromatic N) is 2. The normalized spacial score (nSPS) is 21.7. The molecule has 18 heavy (non-hydrogen) atoms. The van der Waals surface area contributed by atoms with Crippen LogP contribution in [0.5, 0.6) is 0 Å². The fourth-order valence-corrected chi connectivity index (χ4v) is 2.08. The zero-order valence-electron chi connectivity index (χ0n) is 12.2. The predicted octanol–water partition coefficient (Wildman–Crippen LogP) is -0.125. The maximum atomic E-state index is 5.74. The number of rotatable bonds is 9. The SMILES string of the molecule is CCN1CCOC(CNCCN(C)CCOC)C1. The average Bonchev–Trinajstić information content (AvgIpc) is 2.41. The Balaban J connectivity index is 2.00. The van der Waals surface area contributed by atoms with Gasteiger partial charge < -0.3 is 19.7 Å². The van der Waals surface area contributed by atoms with Gasteiger partial charge in [0.1, 0.15) is 0 Å². The standard InChI is InChI=1S/C13H29N3O2/c1-4-16-8-10-18-13(12-16)11-14-5-6-15(2)7-9-17-3/h13-14H,4-12H2,1-3H3. The molecule has 0 spiro atoms. The molecule has 0 saturated carbocycles. The largest absolute Gasteiger partial charge is 0.383 e. The Labute approximate surface area is 111 Å². The molecule has 0 amide bonds. The van der Waals surface area contributed by atoms with Gasteiger partial charge in [0, 0.05) is 46.4 Å². The van der Waals surface area contributed by atoms with E-state index in [0.29, 0.717) is 6.10 Å². The molecule has 1 unspecified atom stereocenters. The summed E-state index contributed by atoms with van der Waals surface area (Å²) in [4.78, 5) is 4.72. The molecule has 1 aliphatic rings. The highest BCUT2D eigenvalue weighted by Gasteiger charge is 2.18. The van der Waals surface area contributed by atoms with Crippen molar-refractivity contribution in [3.63, 3.8) is 0 Å². The number of nitrogens with one attached hydrogen (secondary N) is 1. The molecule has 0 bridgehead atoms. The summed E-state index contributed by atoms with van der Waals surface area (Å²) >= 11 is 0. The molecule has 1 fully saturated rings. The van der Waals surface area contributed by atoms with Gasteiger partial charge in [-0.05, 0) is 13.6 Å². The smallest absolute Gasteiger partial charge is 0.0826 e. The summed E-state index contributed by atoms with van der Waals surface area (Å²) in [6.45, 7) is 11.1. The Morgan fingerprint density at radius 1 is 1.44 bits per heavy atom. The van der Waals surface area contributed by atoms with E-state index in [1.165, 1.54) is 0 Å². The molecular formula is C13H29N3O2. The second-order valence-electron chi connectivity index (χ2n) is 4.89. The highest BCUT2D eigenvalue weighted by Crippen LogP contribution is 2.03. The molecule has 0 aromatic heterocycles. The Bertz CT molecular complexity index is 205. The van der Waals surface area contributed by atoms with Crippen LogP contribution in [-0.2, 0) is 9.47 Å². The second kappa shape index (κ2) is 9.69. The molecule has 1 saturated heterocycles. The van der Waals surface area contributed by atoms with Gasteiger partial charge in [-0.15, -0.1) is 0 Å². The van der Waals surface area contributed by atoms with Crippen LogP contribution in [0, 0.1) is 0 Å². The minimum absolute atomic E-state index is 0.350. The van der Waals surface area contributed by atoms with Gasteiger partial charge in [0.2, 0.25) is 0 Å². The summed E-state index contributed by atoms with van der Waals surface area (Å²) < 4.78 is 10.8. The molecule has 1 atom stereocenters. The molecule has 5 heteroatoms. The fourth-order valence-electron chi connectivity index (χ4n) is 2.08. The number of likely N-dealkylation sites (N-methyl/N-ethyl adjacent to an activating group) is 2. The van der Waals surface area contributed by atoms with E-state index in [0.717, 1.165) is 59.0 Å². The van der Waals surface area contributed by atoms with Crippen molar-refractivity contribution in [2.45, 2.75) is 13.0 Å². The van der Waals surface area contributed by atoms with Gasteiger partial charge in [0.15, 0.2) is 0 Å². The first-order valence-electron chi connectivity index (χ1n) is 6.98. The van der Waals surface area contributed by atoms with E-state index in [2.05, 4.69) is 29.1 Å². The zero-order chi connectivity index (χ0) is 13.2. The monoisotopic (exact) mass is 259 g/mol. The van der Waals surface area contributed by atoms with Crippen molar-refractivity contribution in [2.24, 2.45) is 0 Å². The van der Waals surface area contributed by atoms with Crippen molar-refractivity contribution in [3.05, 3.63) is 0 Å². The molecule has 1 heterocycles. The van der Waals surface area contributed by atoms with Crippen molar-refractivity contribution < 1.29 is 9.47 Å². The summed E-state index contributed by atoms with van der Waals surface area (Å²) in [6, 6.07) is 0. The molecule has 1 aliphatic heterocycles. The highest BCUT2D eigenvalue weighted by molar-refractivity contribution is 4.72. The fraction of sp³-hybridized carbons (Fsp3) is 1.00. The lowest BCUT2D eigenvalue weighted by molar-refractivity contribution is -0.0253. The molecule has 0 radical (unpaired) electrons. The molecular weight excluding hydrogens is 230 g/mol. The number of morpholine rings is 1. The maximum Gasteiger partial charge on any atom is 0.0826 e. The van der Waals surface area contributed by atoms with Gasteiger partial charge in [-0.2, -0.15) is 0 Å². The van der Waals surface area contributed by atoms with Gasteiger partial charge in [0.25, 0.3) is 0 Å². The first-order chi connectivity index (χ1) is 8.76. The summed E-state index contributed by atoms with van der Waals surface area (Å²) in [5.74, 6) is 0. The summed E-state index contributed by atoms with van der Waals surface area (Å²) in [5, 5.41) is 3.47. The van der Waals surface area contributed by atoms with Crippen LogP contribution in [0.25, 0.3) is 0 Å². The van der Waals surface area contributed by atoms with Crippen molar-refractivity contribution in [1.82, 2.24) is 15.1 Å². The molecule has 5 nitrogen and oxygen atoms in total. The Morgan fingerprint density at radius 2 is 2.28 bits per heavy atom. The quantitative estimate of drug-likeness (QED) is 0.584. The van der Waals surface area contributed by atoms with Crippen molar-refractivity contribution in [2.75, 3.05) is 73.2 Å². The number of ether oxygens (including phenoxy) is 2. The van der Waals surface area contributed by atoms with Crippen LogP contribution in [0.1, 0.15) is 6.92 Å². The third kappa shape index (κ3) is 6.66. The van der Waals surface area contributed by atoms with Gasteiger partial charge in [-0.25, -0.2) is 0 Å². The van der Waals surface area contributed by atoms with E-state index in [-0.39, 0.29) is 0 Å². The Morgan fingerprint density at radius 3 is 3.00 bits per heavy atom. The molecule has 1 N–H and O–H groups in total. The first-order valence-corrected chi connectivity index (χ1v) is 6.98. The van der Waals surface area contributed by atoms with E-state index >= 15 is 0 Å². The van der Waals surface area contributed by atoms with Crippen LogP contribution >= 0.6 is 0 Å². The minimum Gasteiger partial charge on any atom is -0.383 e. The van der Waals surface area contributed by atoms with Gasteiger partial charge in [-0.1, -0.05) is 6.92 Å². The predicted molar refractivity (Wildman–Crippen MR) is 74.1 cm³/mol. The zero-order valence-corrected chi connectivity index (χ0v) is 12.2. The van der Waals surface area contributed by atoms with Crippen molar-refractivity contribution in [3.8, 4) is 0 Å². The lowest BCUT2D eigenvalue weighted by Crippen LogP contribution is -2.47. The third-order valence-electron chi connectivity index (χ3n) is 3.39. The molecule has 1 rings (SSSR count). The number of hydrogen-bond acceptors (Lipinski definition) is 5. The van der Waals surface area contributed by atoms with E-state index in [9.17, 15) is 0 Å². The van der Waals surface area contributed by atoms with Crippen molar-refractivity contribution in [1.29, 1.82) is 0 Å². The lowest BCUT2D eigenvalue weighted by atomic mass is 10.2. The maximum absolute atomic E-state index is 5.74. The van der Waals surface area contributed by atoms with E-state index < -0.39 is 0 Å². The highest BCUT2D eigenvalue weighted by atomic mass is 16.5. The van der Waals surface area contributed by atoms with E-state index in [1.807, 2.05) is 0 Å². The Hall–Kier alpha value is -0.200. The van der Waals surface area contributed by atoms with Gasteiger partial charge >= 0.3 is 0 Å². The third-order valence-corrected chi connectivity index (χ3v) is 3.39. The lowest BCUT2D eigenvalue weighted by Gasteiger charge is -2.32. The van der Waals surface area contributed by atoms with Crippen LogP contribution in [0.15, 0.2) is 0 Å². The van der Waals surface area contributed by atoms with E-state index in [1.54, 1.807) is 7.11 Å². The van der Waals surface area contributed by atoms with Gasteiger partial charge in [0.05, 0.1) is 19.3 Å². The molecule has 108 valence electrons. The summed E-state index contributed by atoms with van der Waals surface area (Å²) in [5.41, 5.74) is 0. The molecule has 0 aliphatic carbocycles. The van der Waals surface area contributed by atoms with E-state index in [4.69, 9.17) is 9.47 Å². The van der Waals surface area contributed by atoms with Crippen LogP contribution < -0.4 is 5.32 Å².